The van der Waals surface area contributed by atoms with Crippen LogP contribution < -0.4 is 5.32 Å². The van der Waals surface area contributed by atoms with Crippen LogP contribution in [0.3, 0.4) is 0 Å². The Morgan fingerprint density at radius 2 is 1.55 bits per heavy atom. The molecule has 1 nitrogen and oxygen atoms in total. The molecule has 0 atom stereocenters. The van der Waals surface area contributed by atoms with Gasteiger partial charge in [0, 0.05) is 0 Å². The number of hydrogen-bond acceptors (Lipinski definition) is 1. The summed E-state index contributed by atoms with van der Waals surface area (Å²) in [5, 5.41) is 3.44. The summed E-state index contributed by atoms with van der Waals surface area (Å²) in [5.41, 5.74) is 0. The molecule has 1 rings (SSSR count). The van der Waals surface area contributed by atoms with Crippen molar-refractivity contribution in [2.24, 2.45) is 0 Å². The average molecular weight is 194 g/mol. The summed E-state index contributed by atoms with van der Waals surface area (Å²) < 4.78 is 0. The van der Waals surface area contributed by atoms with Gasteiger partial charge in [0.05, 0.1) is 8.07 Å². The second-order valence-corrected chi connectivity index (χ2v) is 8.87. The lowest BCUT2D eigenvalue weighted by molar-refractivity contribution is 0.703. The molecule has 1 saturated heterocycles. The van der Waals surface area contributed by atoms with Crippen LogP contribution in [-0.4, -0.2) is 21.2 Å². The first-order chi connectivity index (χ1) is 4.83. The summed E-state index contributed by atoms with van der Waals surface area (Å²) in [7, 11) is -0.693. The van der Waals surface area contributed by atoms with Crippen LogP contribution in [0.1, 0.15) is 13.8 Å². The van der Waals surface area contributed by atoms with Crippen molar-refractivity contribution in [1.29, 1.82) is 0 Å². The summed E-state index contributed by atoms with van der Waals surface area (Å²) in [4.78, 5) is 0. The summed E-state index contributed by atoms with van der Waals surface area (Å²) in [6.45, 7) is 7.38. The van der Waals surface area contributed by atoms with E-state index in [2.05, 4.69) is 19.2 Å². The van der Waals surface area contributed by atoms with Crippen molar-refractivity contribution in [3.63, 3.8) is 0 Å². The van der Waals surface area contributed by atoms with Gasteiger partial charge >= 0.3 is 0 Å². The molecule has 0 radical (unpaired) electrons. The van der Waals surface area contributed by atoms with Crippen LogP contribution in [0.5, 0.6) is 0 Å². The van der Waals surface area contributed by atoms with Crippen LogP contribution >= 0.6 is 12.4 Å². The normalized spacial score (nSPS) is 22.4. The fraction of sp³-hybridized carbons (Fsp3) is 1.00. The van der Waals surface area contributed by atoms with Gasteiger partial charge in [0.25, 0.3) is 0 Å². The Morgan fingerprint density at radius 3 is 1.82 bits per heavy atom. The molecule has 0 aliphatic carbocycles. The van der Waals surface area contributed by atoms with E-state index in [4.69, 9.17) is 0 Å². The van der Waals surface area contributed by atoms with E-state index in [1.165, 1.54) is 37.3 Å². The van der Waals surface area contributed by atoms with Gasteiger partial charge < -0.3 is 5.32 Å². The molecule has 0 spiro atoms. The molecular formula is C8H20ClNSi. The van der Waals surface area contributed by atoms with Gasteiger partial charge in [0.2, 0.25) is 0 Å². The Kier molecular flexibility index (Phi) is 5.39. The Hall–Kier alpha value is 0.467. The largest absolute Gasteiger partial charge is 0.317 e. The quantitative estimate of drug-likeness (QED) is 0.665. The van der Waals surface area contributed by atoms with Crippen LogP contribution in [0.25, 0.3) is 0 Å². The highest BCUT2D eigenvalue weighted by Gasteiger charge is 2.29. The molecule has 1 aliphatic rings. The summed E-state index contributed by atoms with van der Waals surface area (Å²) >= 11 is 0. The van der Waals surface area contributed by atoms with E-state index in [-0.39, 0.29) is 12.4 Å². The van der Waals surface area contributed by atoms with Gasteiger partial charge in [0.1, 0.15) is 0 Å². The highest BCUT2D eigenvalue weighted by molar-refractivity contribution is 6.80. The Morgan fingerprint density at radius 1 is 1.09 bits per heavy atom. The topological polar surface area (TPSA) is 12.0 Å². The van der Waals surface area contributed by atoms with Gasteiger partial charge in [-0.05, 0) is 25.2 Å². The maximum atomic E-state index is 3.44. The van der Waals surface area contributed by atoms with Gasteiger partial charge in [-0.15, -0.1) is 12.4 Å². The predicted molar refractivity (Wildman–Crippen MR) is 56.4 cm³/mol. The molecule has 1 fully saturated rings. The predicted octanol–water partition coefficient (Wildman–Crippen LogP) is 2.50. The monoisotopic (exact) mass is 193 g/mol. The summed E-state index contributed by atoms with van der Waals surface area (Å²) in [6.07, 6.45) is 0. The Bertz CT molecular complexity index is 96.3. The number of halogens is 1. The first kappa shape index (κ1) is 11.5. The second kappa shape index (κ2) is 5.17. The van der Waals surface area contributed by atoms with Gasteiger partial charge in [0.15, 0.2) is 0 Å². The molecule has 1 heterocycles. The first-order valence-electron chi connectivity index (χ1n) is 4.54. The van der Waals surface area contributed by atoms with E-state index in [1.54, 1.807) is 0 Å². The van der Waals surface area contributed by atoms with Crippen molar-refractivity contribution in [2.45, 2.75) is 38.0 Å². The molecule has 0 aromatic carbocycles. The third-order valence-electron chi connectivity index (χ3n) is 3.16. The van der Waals surface area contributed by atoms with Crippen molar-refractivity contribution in [2.75, 3.05) is 13.1 Å². The molecular weight excluding hydrogens is 174 g/mol. The zero-order valence-electron chi connectivity index (χ0n) is 7.65. The van der Waals surface area contributed by atoms with Gasteiger partial charge in [-0.1, -0.05) is 25.9 Å². The molecule has 3 heteroatoms. The smallest absolute Gasteiger partial charge is 0.0555 e. The van der Waals surface area contributed by atoms with Crippen molar-refractivity contribution >= 4 is 20.5 Å². The van der Waals surface area contributed by atoms with E-state index in [9.17, 15) is 0 Å². The van der Waals surface area contributed by atoms with E-state index in [1.807, 2.05) is 0 Å². The third-order valence-corrected chi connectivity index (χ3v) is 8.79. The zero-order valence-corrected chi connectivity index (χ0v) is 9.47. The Labute approximate surface area is 77.4 Å². The molecule has 68 valence electrons. The maximum absolute atomic E-state index is 3.44. The van der Waals surface area contributed by atoms with Crippen molar-refractivity contribution in [3.05, 3.63) is 0 Å². The highest BCUT2D eigenvalue weighted by Crippen LogP contribution is 2.26. The Balaban J connectivity index is 0.000001000. The van der Waals surface area contributed by atoms with E-state index >= 15 is 0 Å². The minimum Gasteiger partial charge on any atom is -0.317 e. The number of nitrogens with one attached hydrogen (secondary N) is 1. The highest BCUT2D eigenvalue weighted by atomic mass is 35.5. The SMILES string of the molecule is CC[Si]1(CC)CCNCC1.Cl. The van der Waals surface area contributed by atoms with Crippen molar-refractivity contribution in [1.82, 2.24) is 5.32 Å². The molecule has 0 saturated carbocycles. The molecule has 11 heavy (non-hydrogen) atoms. The standard InChI is InChI=1S/C8H19NSi.ClH/c1-3-10(4-2)7-5-9-6-8-10;/h9H,3-8H2,1-2H3;1H. The minimum atomic E-state index is -0.693. The van der Waals surface area contributed by atoms with Gasteiger partial charge in [-0.25, -0.2) is 0 Å². The van der Waals surface area contributed by atoms with Crippen molar-refractivity contribution in [3.8, 4) is 0 Å². The van der Waals surface area contributed by atoms with E-state index in [0.29, 0.717) is 0 Å². The summed E-state index contributed by atoms with van der Waals surface area (Å²) in [6, 6.07) is 6.07. The molecule has 0 aromatic rings. The molecule has 1 aliphatic heterocycles. The van der Waals surface area contributed by atoms with Gasteiger partial charge in [-0.2, -0.15) is 0 Å². The molecule has 0 amide bonds. The fourth-order valence-corrected chi connectivity index (χ4v) is 5.49. The fourth-order valence-electron chi connectivity index (χ4n) is 1.91. The van der Waals surface area contributed by atoms with E-state index < -0.39 is 8.07 Å². The molecule has 0 aromatic heterocycles. The maximum Gasteiger partial charge on any atom is 0.0555 e. The number of hydrogen-bond donors (Lipinski definition) is 1. The van der Waals surface area contributed by atoms with Crippen LogP contribution in [0, 0.1) is 0 Å². The lowest BCUT2D eigenvalue weighted by Crippen LogP contribution is -2.43. The van der Waals surface area contributed by atoms with Crippen molar-refractivity contribution < 1.29 is 0 Å². The minimum absolute atomic E-state index is 0. The number of rotatable bonds is 2. The van der Waals surface area contributed by atoms with Crippen LogP contribution in [-0.2, 0) is 0 Å². The van der Waals surface area contributed by atoms with Gasteiger partial charge in [-0.3, -0.25) is 0 Å². The lowest BCUT2D eigenvalue weighted by atomic mass is 10.6. The van der Waals surface area contributed by atoms with E-state index in [0.717, 1.165) is 0 Å². The third kappa shape index (κ3) is 2.77. The van der Waals surface area contributed by atoms with Crippen LogP contribution in [0.2, 0.25) is 24.2 Å². The average Bonchev–Trinajstić information content (AvgIpc) is 2.06. The first-order valence-corrected chi connectivity index (χ1v) is 7.36. The second-order valence-electron chi connectivity index (χ2n) is 3.46. The molecule has 1 N–H and O–H groups in total. The van der Waals surface area contributed by atoms with Crippen LogP contribution in [0.15, 0.2) is 0 Å². The molecule has 0 unspecified atom stereocenters. The lowest BCUT2D eigenvalue weighted by Gasteiger charge is -2.33. The molecule has 0 bridgehead atoms. The summed E-state index contributed by atoms with van der Waals surface area (Å²) in [5.74, 6) is 0. The zero-order chi connectivity index (χ0) is 7.45. The van der Waals surface area contributed by atoms with Crippen LogP contribution in [0.4, 0.5) is 0 Å².